The van der Waals surface area contributed by atoms with E-state index in [1.807, 2.05) is 16.8 Å². The predicted molar refractivity (Wildman–Crippen MR) is 92.8 cm³/mol. The second kappa shape index (κ2) is 7.77. The molecule has 2 aromatic rings. The Morgan fingerprint density at radius 3 is 3.04 bits per heavy atom. The molecule has 4 nitrogen and oxygen atoms in total. The van der Waals surface area contributed by atoms with Gasteiger partial charge in [0.1, 0.15) is 6.61 Å². The zero-order chi connectivity index (χ0) is 16.9. The number of hydrogen-bond donors (Lipinski definition) is 0. The number of carbonyl (C=O) groups is 1. The minimum atomic E-state index is -0.365. The van der Waals surface area contributed by atoms with Crippen LogP contribution in [0.5, 0.6) is 5.75 Å². The smallest absolute Gasteiger partial charge is 0.237 e. The molecule has 0 bridgehead atoms. The third-order valence-electron chi connectivity index (χ3n) is 4.13. The Labute approximate surface area is 145 Å². The van der Waals surface area contributed by atoms with Crippen molar-refractivity contribution in [2.24, 2.45) is 0 Å². The Hall–Kier alpha value is -1.92. The molecular formula is C18H21FN2O2S. The lowest BCUT2D eigenvalue weighted by atomic mass is 10.1. The number of carbonyl (C=O) groups excluding carboxylic acids is 1. The van der Waals surface area contributed by atoms with E-state index in [4.69, 9.17) is 4.74 Å². The molecule has 3 rings (SSSR count). The van der Waals surface area contributed by atoms with Gasteiger partial charge in [-0.1, -0.05) is 12.1 Å². The van der Waals surface area contributed by atoms with Crippen LogP contribution >= 0.6 is 11.3 Å². The summed E-state index contributed by atoms with van der Waals surface area (Å²) in [5, 5.41) is 2.09. The van der Waals surface area contributed by atoms with E-state index in [-0.39, 0.29) is 17.5 Å². The third-order valence-corrected chi connectivity index (χ3v) is 5.16. The summed E-state index contributed by atoms with van der Waals surface area (Å²) in [6.45, 7) is 2.75. The number of likely N-dealkylation sites (N-methyl/N-ethyl adjacent to an activating group) is 1. The fourth-order valence-electron chi connectivity index (χ4n) is 2.74. The van der Waals surface area contributed by atoms with Crippen molar-refractivity contribution in [3.8, 4) is 5.75 Å². The second-order valence-electron chi connectivity index (χ2n) is 5.95. The van der Waals surface area contributed by atoms with Crippen molar-refractivity contribution in [3.63, 3.8) is 0 Å². The van der Waals surface area contributed by atoms with Crippen molar-refractivity contribution in [3.05, 3.63) is 52.0 Å². The van der Waals surface area contributed by atoms with E-state index in [1.54, 1.807) is 29.5 Å². The molecular weight excluding hydrogens is 327 g/mol. The van der Waals surface area contributed by atoms with Crippen LogP contribution in [0.15, 0.2) is 35.7 Å². The fraction of sp³-hybridized carbons (Fsp3) is 0.389. The van der Waals surface area contributed by atoms with E-state index in [0.717, 1.165) is 13.0 Å². The van der Waals surface area contributed by atoms with Gasteiger partial charge in [0.15, 0.2) is 11.6 Å². The molecule has 1 aromatic heterocycles. The summed E-state index contributed by atoms with van der Waals surface area (Å²) in [6, 6.07) is 8.45. The third kappa shape index (κ3) is 4.13. The lowest BCUT2D eigenvalue weighted by molar-refractivity contribution is -0.133. The molecule has 1 aromatic carbocycles. The summed E-state index contributed by atoms with van der Waals surface area (Å²) >= 11 is 1.77. The summed E-state index contributed by atoms with van der Waals surface area (Å²) in [7, 11) is 1.88. The lowest BCUT2D eigenvalue weighted by Gasteiger charge is -2.29. The van der Waals surface area contributed by atoms with Crippen LogP contribution in [0, 0.1) is 5.82 Å². The van der Waals surface area contributed by atoms with Gasteiger partial charge >= 0.3 is 0 Å². The van der Waals surface area contributed by atoms with E-state index >= 15 is 0 Å². The molecule has 0 saturated heterocycles. The van der Waals surface area contributed by atoms with Crippen molar-refractivity contribution in [2.75, 3.05) is 33.3 Å². The van der Waals surface area contributed by atoms with Crippen LogP contribution in [0.3, 0.4) is 0 Å². The van der Waals surface area contributed by atoms with E-state index in [2.05, 4.69) is 11.4 Å². The van der Waals surface area contributed by atoms with Crippen LogP contribution in [0.25, 0.3) is 0 Å². The van der Waals surface area contributed by atoms with Crippen LogP contribution in [0.1, 0.15) is 10.4 Å². The zero-order valence-corrected chi connectivity index (χ0v) is 14.5. The molecule has 0 unspecified atom stereocenters. The van der Waals surface area contributed by atoms with Gasteiger partial charge in [-0.3, -0.25) is 9.69 Å². The van der Waals surface area contributed by atoms with Gasteiger partial charge in [-0.05, 0) is 42.6 Å². The first-order chi connectivity index (χ1) is 11.6. The largest absolute Gasteiger partial charge is 0.489 e. The van der Waals surface area contributed by atoms with Crippen molar-refractivity contribution >= 4 is 17.2 Å². The topological polar surface area (TPSA) is 32.8 Å². The number of ether oxygens (including phenoxy) is 1. The monoisotopic (exact) mass is 348 g/mol. The maximum Gasteiger partial charge on any atom is 0.237 e. The van der Waals surface area contributed by atoms with Gasteiger partial charge in [-0.15, -0.1) is 11.3 Å². The Morgan fingerprint density at radius 1 is 1.38 bits per heavy atom. The first-order valence-corrected chi connectivity index (χ1v) is 8.90. The summed E-state index contributed by atoms with van der Waals surface area (Å²) in [4.78, 5) is 17.6. The summed E-state index contributed by atoms with van der Waals surface area (Å²) < 4.78 is 18.9. The molecule has 1 amide bonds. The normalized spacial score (nSPS) is 13.9. The number of hydrogen-bond acceptors (Lipinski definition) is 4. The predicted octanol–water partition coefficient (Wildman–Crippen LogP) is 2.78. The van der Waals surface area contributed by atoms with Crippen molar-refractivity contribution in [1.82, 2.24) is 9.80 Å². The minimum absolute atomic E-state index is 0.125. The average molecular weight is 348 g/mol. The van der Waals surface area contributed by atoms with Gasteiger partial charge in [0, 0.05) is 24.5 Å². The molecule has 0 fully saturated rings. The van der Waals surface area contributed by atoms with Crippen LogP contribution in [-0.4, -0.2) is 49.0 Å². The molecule has 0 atom stereocenters. The van der Waals surface area contributed by atoms with E-state index in [1.165, 1.54) is 16.5 Å². The summed E-state index contributed by atoms with van der Waals surface area (Å²) in [5.74, 6) is 0.00889. The molecule has 0 aliphatic carbocycles. The van der Waals surface area contributed by atoms with E-state index in [9.17, 15) is 9.18 Å². The number of fused-ring (bicyclic) bond motifs is 1. The molecule has 6 heteroatoms. The number of para-hydroxylation sites is 1. The van der Waals surface area contributed by atoms with Crippen LogP contribution < -0.4 is 4.74 Å². The number of rotatable bonds is 6. The first kappa shape index (κ1) is 16.9. The quantitative estimate of drug-likeness (QED) is 0.805. The Bertz CT molecular complexity index is 704. The summed E-state index contributed by atoms with van der Waals surface area (Å²) in [6.07, 6.45) is 0.943. The Morgan fingerprint density at radius 2 is 2.21 bits per heavy atom. The minimum Gasteiger partial charge on any atom is -0.489 e. The highest BCUT2D eigenvalue weighted by Gasteiger charge is 2.22. The molecule has 1 aliphatic heterocycles. The highest BCUT2D eigenvalue weighted by Crippen LogP contribution is 2.24. The Kier molecular flexibility index (Phi) is 5.48. The maximum atomic E-state index is 13.5. The van der Waals surface area contributed by atoms with Crippen molar-refractivity contribution in [2.45, 2.75) is 13.0 Å². The van der Waals surface area contributed by atoms with E-state index in [0.29, 0.717) is 26.2 Å². The fourth-order valence-corrected chi connectivity index (χ4v) is 3.63. The molecule has 0 N–H and O–H groups in total. The SMILES string of the molecule is CN(CCOc1ccccc1F)CC(=O)N1CCc2sccc2C1. The van der Waals surface area contributed by atoms with Gasteiger partial charge < -0.3 is 9.64 Å². The number of benzene rings is 1. The first-order valence-electron chi connectivity index (χ1n) is 8.02. The van der Waals surface area contributed by atoms with Crippen LogP contribution in [0.4, 0.5) is 4.39 Å². The molecule has 24 heavy (non-hydrogen) atoms. The summed E-state index contributed by atoms with van der Waals surface area (Å²) in [5.41, 5.74) is 1.27. The van der Waals surface area contributed by atoms with Crippen LogP contribution in [0.2, 0.25) is 0 Å². The van der Waals surface area contributed by atoms with Crippen LogP contribution in [-0.2, 0) is 17.8 Å². The molecule has 0 saturated carbocycles. The highest BCUT2D eigenvalue weighted by atomic mass is 32.1. The Balaban J connectivity index is 1.43. The molecule has 0 radical (unpaired) electrons. The molecule has 0 spiro atoms. The molecule has 128 valence electrons. The zero-order valence-electron chi connectivity index (χ0n) is 13.7. The molecule has 2 heterocycles. The number of thiophene rings is 1. The highest BCUT2D eigenvalue weighted by molar-refractivity contribution is 7.10. The van der Waals surface area contributed by atoms with Gasteiger partial charge in [0.2, 0.25) is 5.91 Å². The van der Waals surface area contributed by atoms with Crippen molar-refractivity contribution in [1.29, 1.82) is 0 Å². The number of amides is 1. The number of nitrogens with zero attached hydrogens (tertiary/aromatic N) is 2. The van der Waals surface area contributed by atoms with Gasteiger partial charge in [0.05, 0.1) is 6.54 Å². The van der Waals surface area contributed by atoms with Gasteiger partial charge in [-0.25, -0.2) is 4.39 Å². The van der Waals surface area contributed by atoms with Crippen molar-refractivity contribution < 1.29 is 13.9 Å². The van der Waals surface area contributed by atoms with Gasteiger partial charge in [-0.2, -0.15) is 0 Å². The van der Waals surface area contributed by atoms with Gasteiger partial charge in [0.25, 0.3) is 0 Å². The standard InChI is InChI=1S/C18H21FN2O2S/c1-20(9-10-23-16-5-3-2-4-15(16)19)13-18(22)21-8-6-17-14(12-21)7-11-24-17/h2-5,7,11H,6,8-10,12-13H2,1H3. The average Bonchev–Trinajstić information content (AvgIpc) is 3.04. The molecule has 1 aliphatic rings. The maximum absolute atomic E-state index is 13.5. The number of halogens is 1. The second-order valence-corrected chi connectivity index (χ2v) is 6.95. The lowest BCUT2D eigenvalue weighted by Crippen LogP contribution is -2.42. The van der Waals surface area contributed by atoms with E-state index < -0.39 is 0 Å².